The van der Waals surface area contributed by atoms with Crippen LogP contribution in [-0.2, 0) is 11.2 Å². The van der Waals surface area contributed by atoms with Crippen LogP contribution in [0.2, 0.25) is 0 Å². The number of fused-ring (bicyclic) bond motifs is 1. The second-order valence-electron chi connectivity index (χ2n) is 7.82. The molecule has 0 saturated heterocycles. The highest BCUT2D eigenvalue weighted by molar-refractivity contribution is 9.10. The van der Waals surface area contributed by atoms with Crippen molar-refractivity contribution in [3.63, 3.8) is 0 Å². The molecule has 0 atom stereocenters. The van der Waals surface area contributed by atoms with Gasteiger partial charge in [-0.2, -0.15) is 0 Å². The van der Waals surface area contributed by atoms with Crippen molar-refractivity contribution in [1.82, 2.24) is 0 Å². The highest BCUT2D eigenvalue weighted by Crippen LogP contribution is 2.38. The van der Waals surface area contributed by atoms with Crippen molar-refractivity contribution in [1.29, 1.82) is 0 Å². The van der Waals surface area contributed by atoms with Crippen molar-refractivity contribution >= 4 is 39.2 Å². The average molecular weight is 509 g/mol. The minimum atomic E-state index is -0.971. The Morgan fingerprint density at radius 2 is 2.00 bits per heavy atom. The average Bonchev–Trinajstić information content (AvgIpc) is 3.07. The van der Waals surface area contributed by atoms with Crippen molar-refractivity contribution in [3.8, 4) is 5.75 Å². The fourth-order valence-electron chi connectivity index (χ4n) is 4.05. The van der Waals surface area contributed by atoms with Gasteiger partial charge in [-0.3, -0.25) is 0 Å². The molecule has 3 nitrogen and oxygen atoms in total. The molecule has 0 heterocycles. The molecule has 0 aromatic heterocycles. The predicted octanol–water partition coefficient (Wildman–Crippen LogP) is 7.16. The summed E-state index contributed by atoms with van der Waals surface area (Å²) in [6.07, 6.45) is 14.4. The zero-order valence-corrected chi connectivity index (χ0v) is 20.3. The summed E-state index contributed by atoms with van der Waals surface area (Å²) in [6, 6.07) is 12.5. The summed E-state index contributed by atoms with van der Waals surface area (Å²) in [5.41, 5.74) is 7.66. The van der Waals surface area contributed by atoms with E-state index in [4.69, 9.17) is 9.84 Å². The first kappa shape index (κ1) is 22.7. The van der Waals surface area contributed by atoms with E-state index in [-0.39, 0.29) is 6.61 Å². The Hall–Kier alpha value is -2.50. The van der Waals surface area contributed by atoms with Gasteiger partial charge in [0.1, 0.15) is 5.75 Å². The van der Waals surface area contributed by atoms with Gasteiger partial charge in [-0.05, 0) is 89.9 Å². The van der Waals surface area contributed by atoms with Gasteiger partial charge in [0.25, 0.3) is 0 Å². The van der Waals surface area contributed by atoms with Gasteiger partial charge in [-0.1, -0.05) is 52.4 Å². The van der Waals surface area contributed by atoms with Crippen LogP contribution < -0.4 is 4.74 Å². The monoisotopic (exact) mass is 508 g/mol. The fourth-order valence-corrected chi connectivity index (χ4v) is 5.33. The molecule has 2 aliphatic carbocycles. The summed E-state index contributed by atoms with van der Waals surface area (Å²) in [4.78, 5) is 11.9. The van der Waals surface area contributed by atoms with E-state index in [0.717, 1.165) is 39.9 Å². The van der Waals surface area contributed by atoms with Crippen LogP contribution in [0.25, 0.3) is 5.57 Å². The minimum Gasteiger partial charge on any atom is -0.482 e. The maximum absolute atomic E-state index is 10.7. The second-order valence-corrected chi connectivity index (χ2v) is 9.83. The molecule has 0 bridgehead atoms. The zero-order chi connectivity index (χ0) is 22.5. The first-order valence-corrected chi connectivity index (χ1v) is 12.4. The molecule has 2 aromatic rings. The van der Waals surface area contributed by atoms with Crippen molar-refractivity contribution in [2.45, 2.75) is 31.1 Å². The van der Waals surface area contributed by atoms with Crippen LogP contribution in [0.3, 0.4) is 0 Å². The Morgan fingerprint density at radius 3 is 2.81 bits per heavy atom. The molecule has 0 radical (unpaired) electrons. The molecule has 0 amide bonds. The lowest BCUT2D eigenvalue weighted by Crippen LogP contribution is -2.09. The normalized spacial score (nSPS) is 16.4. The molecule has 1 N–H and O–H groups in total. The van der Waals surface area contributed by atoms with Crippen molar-refractivity contribution in [2.24, 2.45) is 0 Å². The van der Waals surface area contributed by atoms with Gasteiger partial charge < -0.3 is 9.84 Å². The Kier molecular flexibility index (Phi) is 7.38. The van der Waals surface area contributed by atoms with Crippen molar-refractivity contribution in [2.75, 3.05) is 12.4 Å². The van der Waals surface area contributed by atoms with E-state index in [2.05, 4.69) is 70.6 Å². The number of halogens is 1. The lowest BCUT2D eigenvalue weighted by Gasteiger charge is -2.13. The first-order valence-electron chi connectivity index (χ1n) is 10.6. The number of aliphatic carboxylic acids is 1. The SMILES string of the molecule is Cc1cc(SC/C=C2\C3=C(C=CCC=C3)CCc3cc(Br)ccc32)ccc1OCC(=O)O. The second kappa shape index (κ2) is 10.4. The molecule has 0 aliphatic heterocycles. The van der Waals surface area contributed by atoms with Gasteiger partial charge in [-0.25, -0.2) is 4.79 Å². The molecule has 0 fully saturated rings. The number of carbonyl (C=O) groups is 1. The topological polar surface area (TPSA) is 46.5 Å². The standard InChI is InChI=1S/C27H25BrO3S/c1-18-15-22(10-12-26(18)31-17-27(29)30)32-14-13-25-23-6-4-2-3-5-19(23)7-8-20-16-21(28)9-11-24(20)25/h3-6,9-13,15-16H,2,7-8,14,17H2,1H3,(H,29,30)/b25-13+. The van der Waals surface area contributed by atoms with Gasteiger partial charge >= 0.3 is 5.97 Å². The summed E-state index contributed by atoms with van der Waals surface area (Å²) in [6.45, 7) is 1.62. The number of hydrogen-bond acceptors (Lipinski definition) is 3. The molecular weight excluding hydrogens is 484 g/mol. The van der Waals surface area contributed by atoms with Crippen LogP contribution >= 0.6 is 27.7 Å². The summed E-state index contributed by atoms with van der Waals surface area (Å²) in [5.74, 6) is 0.485. The van der Waals surface area contributed by atoms with Gasteiger partial charge in [-0.15, -0.1) is 11.8 Å². The maximum atomic E-state index is 10.7. The first-order chi connectivity index (χ1) is 15.5. The minimum absolute atomic E-state index is 0.325. The number of carboxylic acid groups (broad SMARTS) is 1. The number of rotatable bonds is 6. The van der Waals surface area contributed by atoms with E-state index in [1.54, 1.807) is 11.8 Å². The van der Waals surface area contributed by atoms with Gasteiger partial charge in [0.05, 0.1) is 0 Å². The molecular formula is C27H25BrO3S. The molecule has 0 spiro atoms. The van der Waals surface area contributed by atoms with E-state index in [1.165, 1.54) is 27.8 Å². The van der Waals surface area contributed by atoms with E-state index >= 15 is 0 Å². The predicted molar refractivity (Wildman–Crippen MR) is 135 cm³/mol. The number of benzene rings is 2. The number of carboxylic acids is 1. The molecule has 2 aliphatic rings. The van der Waals surface area contributed by atoms with Crippen LogP contribution in [0.1, 0.15) is 29.5 Å². The Labute approximate surface area is 201 Å². The maximum Gasteiger partial charge on any atom is 0.341 e. The fraction of sp³-hybridized carbons (Fsp3) is 0.222. The largest absolute Gasteiger partial charge is 0.482 e. The number of aryl methyl sites for hydroxylation is 2. The summed E-state index contributed by atoms with van der Waals surface area (Å²) < 4.78 is 6.46. The lowest BCUT2D eigenvalue weighted by molar-refractivity contribution is -0.139. The Bertz CT molecular complexity index is 1160. The molecule has 5 heteroatoms. The Morgan fingerprint density at radius 1 is 1.16 bits per heavy atom. The van der Waals surface area contributed by atoms with Crippen LogP contribution in [0, 0.1) is 6.92 Å². The van der Waals surface area contributed by atoms with Gasteiger partial charge in [0.2, 0.25) is 0 Å². The number of thioether (sulfide) groups is 1. The van der Waals surface area contributed by atoms with E-state index in [0.29, 0.717) is 5.75 Å². The van der Waals surface area contributed by atoms with Crippen LogP contribution in [0.5, 0.6) is 5.75 Å². The number of hydrogen-bond donors (Lipinski definition) is 1. The van der Waals surface area contributed by atoms with Gasteiger partial charge in [0, 0.05) is 15.1 Å². The Balaban J connectivity index is 1.59. The number of allylic oxidation sites excluding steroid dienone is 7. The molecule has 164 valence electrons. The zero-order valence-electron chi connectivity index (χ0n) is 17.9. The summed E-state index contributed by atoms with van der Waals surface area (Å²) in [7, 11) is 0. The van der Waals surface area contributed by atoms with Crippen molar-refractivity contribution < 1.29 is 14.6 Å². The molecule has 32 heavy (non-hydrogen) atoms. The highest BCUT2D eigenvalue weighted by atomic mass is 79.9. The molecule has 4 rings (SSSR count). The van der Waals surface area contributed by atoms with Crippen LogP contribution in [-0.4, -0.2) is 23.4 Å². The number of ether oxygens (including phenoxy) is 1. The quantitative estimate of drug-likeness (QED) is 0.420. The third-order valence-electron chi connectivity index (χ3n) is 5.57. The highest BCUT2D eigenvalue weighted by Gasteiger charge is 2.19. The smallest absolute Gasteiger partial charge is 0.341 e. The van der Waals surface area contributed by atoms with Gasteiger partial charge in [0.15, 0.2) is 6.61 Å². The summed E-state index contributed by atoms with van der Waals surface area (Å²) in [5, 5.41) is 8.81. The van der Waals surface area contributed by atoms with E-state index in [1.807, 2.05) is 19.1 Å². The van der Waals surface area contributed by atoms with Crippen LogP contribution in [0.15, 0.2) is 87.3 Å². The van der Waals surface area contributed by atoms with E-state index in [9.17, 15) is 4.79 Å². The van der Waals surface area contributed by atoms with Crippen molar-refractivity contribution in [3.05, 3.63) is 99.1 Å². The molecule has 0 saturated carbocycles. The molecule has 0 unspecified atom stereocenters. The third kappa shape index (κ3) is 5.45. The molecule has 2 aromatic carbocycles. The van der Waals surface area contributed by atoms with E-state index < -0.39 is 5.97 Å². The lowest BCUT2D eigenvalue weighted by atomic mass is 9.93. The van der Waals surface area contributed by atoms with Crippen LogP contribution in [0.4, 0.5) is 0 Å². The third-order valence-corrected chi connectivity index (χ3v) is 6.98. The summed E-state index contributed by atoms with van der Waals surface area (Å²) >= 11 is 5.40.